The van der Waals surface area contributed by atoms with E-state index in [9.17, 15) is 9.90 Å². The van der Waals surface area contributed by atoms with Crippen molar-refractivity contribution >= 4 is 12.0 Å². The number of nitrogens with zero attached hydrogens (tertiary/aromatic N) is 3. The Labute approximate surface area is 221 Å². The monoisotopic (exact) mass is 507 g/mol. The first-order valence-corrected chi connectivity index (χ1v) is 13.9. The number of carbonyl (C=O) groups is 1. The molecule has 2 aromatic carbocycles. The molecule has 5 rings (SSSR count). The molecule has 0 aromatic heterocycles. The average Bonchev–Trinajstić information content (AvgIpc) is 3.63. The molecule has 7 nitrogen and oxygen atoms in total. The zero-order chi connectivity index (χ0) is 25.6. The smallest absolute Gasteiger partial charge is 0.163 e. The Kier molecular flexibility index (Phi) is 8.64. The third-order valence-corrected chi connectivity index (χ3v) is 8.36. The van der Waals surface area contributed by atoms with Crippen molar-refractivity contribution in [3.05, 3.63) is 54.1 Å². The fraction of sp³-hybridized carbons (Fsp3) is 0.567. The number of piperazine rings is 1. The Morgan fingerprint density at radius 3 is 2.51 bits per heavy atom. The van der Waals surface area contributed by atoms with Gasteiger partial charge in [-0.3, -0.25) is 9.80 Å². The van der Waals surface area contributed by atoms with E-state index in [1.165, 1.54) is 18.4 Å². The van der Waals surface area contributed by atoms with Gasteiger partial charge in [-0.15, -0.1) is 0 Å². The third kappa shape index (κ3) is 6.11. The number of carbonyl (C=O) groups excluding carboxylic acids is 1. The summed E-state index contributed by atoms with van der Waals surface area (Å²) in [7, 11) is 1.70. The zero-order valence-corrected chi connectivity index (χ0v) is 22.0. The Morgan fingerprint density at radius 1 is 1.00 bits per heavy atom. The second kappa shape index (κ2) is 12.3. The lowest BCUT2D eigenvalue weighted by atomic mass is 10.0. The molecule has 3 atom stereocenters. The molecule has 0 bridgehead atoms. The van der Waals surface area contributed by atoms with E-state index in [0.29, 0.717) is 0 Å². The van der Waals surface area contributed by atoms with E-state index >= 15 is 0 Å². The van der Waals surface area contributed by atoms with Crippen LogP contribution < -0.4 is 14.4 Å². The number of hydrogen-bond donors (Lipinski definition) is 1. The van der Waals surface area contributed by atoms with Crippen LogP contribution in [0.4, 0.5) is 5.69 Å². The molecular formula is C30H41N3O4. The topological polar surface area (TPSA) is 65.5 Å². The number of rotatable bonds is 10. The standard InChI is InChI=1S/C30H41N3O4/c1-36-28-12-11-25(18-29(28)37-27-9-5-6-10-27)31-15-16-33(26(20-31)17-23-7-3-2-4-8-23)30(22-35)32-14-13-24(19-32)21-34/h2-4,7-8,11-12,18,22,24,26-27,30,34H,5-6,9-10,13-17,19-21H2,1H3/t24-,26-,30?/m0/s1. The minimum absolute atomic E-state index is 0.181. The molecule has 0 radical (unpaired) electrons. The Hall–Kier alpha value is -2.61. The first-order valence-electron chi connectivity index (χ1n) is 13.9. The summed E-state index contributed by atoms with van der Waals surface area (Å²) in [4.78, 5) is 19.5. The third-order valence-electron chi connectivity index (χ3n) is 8.36. The van der Waals surface area contributed by atoms with Crippen molar-refractivity contribution in [3.8, 4) is 11.5 Å². The van der Waals surface area contributed by atoms with Gasteiger partial charge in [0.2, 0.25) is 0 Å². The lowest BCUT2D eigenvalue weighted by Gasteiger charge is -2.47. The van der Waals surface area contributed by atoms with Crippen LogP contribution in [0.3, 0.4) is 0 Å². The summed E-state index contributed by atoms with van der Waals surface area (Å²) in [5.74, 6) is 1.87. The average molecular weight is 508 g/mol. The molecule has 0 spiro atoms. The molecule has 7 heteroatoms. The number of benzene rings is 2. The molecule has 200 valence electrons. The van der Waals surface area contributed by atoms with Gasteiger partial charge >= 0.3 is 0 Å². The van der Waals surface area contributed by atoms with E-state index in [1.54, 1.807) is 7.11 Å². The predicted molar refractivity (Wildman–Crippen MR) is 145 cm³/mol. The molecular weight excluding hydrogens is 466 g/mol. The quantitative estimate of drug-likeness (QED) is 0.493. The molecule has 3 fully saturated rings. The maximum atomic E-state index is 12.4. The summed E-state index contributed by atoms with van der Waals surface area (Å²) >= 11 is 0. The molecule has 2 saturated heterocycles. The Bertz CT molecular complexity index is 1010. The van der Waals surface area contributed by atoms with Gasteiger partial charge in [0.15, 0.2) is 17.8 Å². The summed E-state index contributed by atoms with van der Waals surface area (Å²) in [6, 6.07) is 17.0. The molecule has 2 aliphatic heterocycles. The molecule has 37 heavy (non-hydrogen) atoms. The maximum Gasteiger partial charge on any atom is 0.163 e. The summed E-state index contributed by atoms with van der Waals surface area (Å²) in [6.07, 6.45) is 7.59. The van der Waals surface area contributed by atoms with Crippen molar-refractivity contribution in [2.75, 3.05) is 51.3 Å². The number of ether oxygens (including phenoxy) is 2. The Balaban J connectivity index is 1.37. The van der Waals surface area contributed by atoms with E-state index in [2.05, 4.69) is 51.1 Å². The van der Waals surface area contributed by atoms with Crippen LogP contribution in [0.1, 0.15) is 37.7 Å². The summed E-state index contributed by atoms with van der Waals surface area (Å²) in [5.41, 5.74) is 2.41. The van der Waals surface area contributed by atoms with Gasteiger partial charge in [0.05, 0.1) is 13.2 Å². The highest BCUT2D eigenvalue weighted by molar-refractivity contribution is 5.59. The summed E-state index contributed by atoms with van der Waals surface area (Å²) in [6.45, 7) is 4.28. The van der Waals surface area contributed by atoms with Crippen LogP contribution >= 0.6 is 0 Å². The van der Waals surface area contributed by atoms with Crippen LogP contribution in [0.25, 0.3) is 0 Å². The van der Waals surface area contributed by atoms with Crippen LogP contribution in [0.15, 0.2) is 48.5 Å². The highest BCUT2D eigenvalue weighted by atomic mass is 16.5. The van der Waals surface area contributed by atoms with Crippen LogP contribution in [0.2, 0.25) is 0 Å². The molecule has 1 unspecified atom stereocenters. The van der Waals surface area contributed by atoms with E-state index in [4.69, 9.17) is 9.47 Å². The lowest BCUT2D eigenvalue weighted by Crippen LogP contribution is -2.61. The van der Waals surface area contributed by atoms with E-state index < -0.39 is 0 Å². The first kappa shape index (κ1) is 26.0. The summed E-state index contributed by atoms with van der Waals surface area (Å²) < 4.78 is 12.0. The second-order valence-electron chi connectivity index (χ2n) is 10.8. The van der Waals surface area contributed by atoms with Crippen molar-refractivity contribution < 1.29 is 19.4 Å². The first-order chi connectivity index (χ1) is 18.2. The minimum atomic E-state index is -0.260. The number of aldehydes is 1. The van der Waals surface area contributed by atoms with Crippen LogP contribution in [0, 0.1) is 5.92 Å². The van der Waals surface area contributed by atoms with Gasteiger partial charge in [-0.2, -0.15) is 0 Å². The molecule has 0 amide bonds. The van der Waals surface area contributed by atoms with E-state index in [1.807, 2.05) is 12.1 Å². The van der Waals surface area contributed by atoms with Gasteiger partial charge < -0.3 is 24.3 Å². The molecule has 1 saturated carbocycles. The highest BCUT2D eigenvalue weighted by Crippen LogP contribution is 2.36. The van der Waals surface area contributed by atoms with Crippen molar-refractivity contribution in [1.82, 2.24) is 9.80 Å². The van der Waals surface area contributed by atoms with Crippen molar-refractivity contribution in [3.63, 3.8) is 0 Å². The van der Waals surface area contributed by atoms with Gasteiger partial charge in [-0.25, -0.2) is 0 Å². The highest BCUT2D eigenvalue weighted by Gasteiger charge is 2.37. The summed E-state index contributed by atoms with van der Waals surface area (Å²) in [5, 5.41) is 9.65. The van der Waals surface area contributed by atoms with Crippen molar-refractivity contribution in [1.29, 1.82) is 0 Å². The van der Waals surface area contributed by atoms with E-state index in [0.717, 1.165) is 81.9 Å². The normalized spacial score (nSPS) is 24.3. The van der Waals surface area contributed by atoms with Crippen molar-refractivity contribution in [2.24, 2.45) is 5.92 Å². The second-order valence-corrected chi connectivity index (χ2v) is 10.8. The van der Waals surface area contributed by atoms with Crippen LogP contribution in [-0.4, -0.2) is 85.9 Å². The number of aliphatic hydroxyl groups excluding tert-OH is 1. The molecule has 3 aliphatic rings. The lowest BCUT2D eigenvalue weighted by molar-refractivity contribution is -0.120. The minimum Gasteiger partial charge on any atom is -0.493 e. The largest absolute Gasteiger partial charge is 0.493 e. The number of likely N-dealkylation sites (tertiary alicyclic amines) is 1. The van der Waals surface area contributed by atoms with Crippen molar-refractivity contribution in [2.45, 2.75) is 56.8 Å². The van der Waals surface area contributed by atoms with E-state index in [-0.39, 0.29) is 30.8 Å². The zero-order valence-electron chi connectivity index (χ0n) is 22.0. The van der Waals surface area contributed by atoms with Gasteiger partial charge in [0, 0.05) is 57.1 Å². The van der Waals surface area contributed by atoms with Gasteiger partial charge in [-0.1, -0.05) is 30.3 Å². The van der Waals surface area contributed by atoms with Gasteiger partial charge in [0.1, 0.15) is 6.17 Å². The SMILES string of the molecule is COc1ccc(N2CCN(C(C=O)N3CC[C@H](CO)C3)[C@@H](Cc3ccccc3)C2)cc1OC1CCCC1. The Morgan fingerprint density at radius 2 is 1.81 bits per heavy atom. The molecule has 1 aliphatic carbocycles. The van der Waals surface area contributed by atoms with Gasteiger partial charge in [-0.05, 0) is 62.1 Å². The molecule has 1 N–H and O–H groups in total. The fourth-order valence-corrected chi connectivity index (χ4v) is 6.29. The van der Waals surface area contributed by atoms with Crippen LogP contribution in [-0.2, 0) is 11.2 Å². The molecule has 2 heterocycles. The number of hydrogen-bond acceptors (Lipinski definition) is 7. The number of anilines is 1. The number of methoxy groups -OCH3 is 1. The predicted octanol–water partition coefficient (Wildman–Crippen LogP) is 3.59. The molecule has 2 aromatic rings. The number of aliphatic hydroxyl groups is 1. The fourth-order valence-electron chi connectivity index (χ4n) is 6.29. The van der Waals surface area contributed by atoms with Gasteiger partial charge in [0.25, 0.3) is 0 Å². The maximum absolute atomic E-state index is 12.4. The van der Waals surface area contributed by atoms with Crippen LogP contribution in [0.5, 0.6) is 11.5 Å².